The first-order valence-electron chi connectivity index (χ1n) is 4.70. The normalized spacial score (nSPS) is 12.5. The van der Waals surface area contributed by atoms with Crippen molar-refractivity contribution in [3.8, 4) is 0 Å². The van der Waals surface area contributed by atoms with Gasteiger partial charge in [0, 0.05) is 20.3 Å². The Morgan fingerprint density at radius 3 is 2.69 bits per heavy atom. The Hall–Kier alpha value is -0.610. The standard InChI is InChI=1S/C9H20N2O2/c1-8(10)9(12)11-6-4-3-5-7-13-2/h8H,3-7,10H2,1-2H3,(H,11,12). The van der Waals surface area contributed by atoms with Crippen LogP contribution in [-0.2, 0) is 9.53 Å². The fourth-order valence-corrected chi connectivity index (χ4v) is 0.921. The molecule has 0 heterocycles. The van der Waals surface area contributed by atoms with E-state index in [1.807, 2.05) is 0 Å². The number of ether oxygens (including phenoxy) is 1. The van der Waals surface area contributed by atoms with Crippen LogP contribution in [-0.4, -0.2) is 32.2 Å². The quantitative estimate of drug-likeness (QED) is 0.563. The lowest BCUT2D eigenvalue weighted by atomic mass is 10.2. The molecule has 3 N–H and O–H groups in total. The maximum Gasteiger partial charge on any atom is 0.236 e. The first kappa shape index (κ1) is 12.4. The molecule has 1 amide bonds. The van der Waals surface area contributed by atoms with Gasteiger partial charge in [0.15, 0.2) is 0 Å². The van der Waals surface area contributed by atoms with Crippen LogP contribution in [0.3, 0.4) is 0 Å². The Morgan fingerprint density at radius 1 is 1.46 bits per heavy atom. The molecule has 0 bridgehead atoms. The van der Waals surface area contributed by atoms with Gasteiger partial charge in [-0.3, -0.25) is 4.79 Å². The first-order valence-corrected chi connectivity index (χ1v) is 4.70. The molecule has 0 aliphatic rings. The van der Waals surface area contributed by atoms with Crippen LogP contribution in [0.15, 0.2) is 0 Å². The predicted octanol–water partition coefficient (Wildman–Crippen LogP) is 0.267. The molecule has 0 aromatic carbocycles. The zero-order chi connectivity index (χ0) is 10.1. The van der Waals surface area contributed by atoms with Crippen molar-refractivity contribution < 1.29 is 9.53 Å². The summed E-state index contributed by atoms with van der Waals surface area (Å²) >= 11 is 0. The van der Waals surface area contributed by atoms with Crippen LogP contribution >= 0.6 is 0 Å². The molecule has 1 unspecified atom stereocenters. The Bertz CT molecular complexity index is 138. The zero-order valence-electron chi connectivity index (χ0n) is 8.51. The van der Waals surface area contributed by atoms with E-state index >= 15 is 0 Å². The molecule has 0 fully saturated rings. The highest BCUT2D eigenvalue weighted by molar-refractivity contribution is 5.80. The topological polar surface area (TPSA) is 64.3 Å². The van der Waals surface area contributed by atoms with E-state index < -0.39 is 6.04 Å². The molecule has 0 aliphatic carbocycles. The number of carbonyl (C=O) groups is 1. The molecule has 0 spiro atoms. The second-order valence-electron chi connectivity index (χ2n) is 3.13. The monoisotopic (exact) mass is 188 g/mol. The maximum absolute atomic E-state index is 11.0. The van der Waals surface area contributed by atoms with Crippen molar-refractivity contribution in [1.82, 2.24) is 5.32 Å². The van der Waals surface area contributed by atoms with Gasteiger partial charge < -0.3 is 15.8 Å². The van der Waals surface area contributed by atoms with Crippen molar-refractivity contribution >= 4 is 5.91 Å². The number of hydrogen-bond donors (Lipinski definition) is 2. The highest BCUT2D eigenvalue weighted by Crippen LogP contribution is 1.93. The number of unbranched alkanes of at least 4 members (excludes halogenated alkanes) is 2. The summed E-state index contributed by atoms with van der Waals surface area (Å²) in [6, 6.07) is -0.404. The zero-order valence-corrected chi connectivity index (χ0v) is 8.51. The molecule has 0 radical (unpaired) electrons. The van der Waals surface area contributed by atoms with Crippen molar-refractivity contribution in [2.24, 2.45) is 5.73 Å². The van der Waals surface area contributed by atoms with Crippen molar-refractivity contribution in [2.75, 3.05) is 20.3 Å². The van der Waals surface area contributed by atoms with Gasteiger partial charge in [0.1, 0.15) is 0 Å². The molecule has 78 valence electrons. The van der Waals surface area contributed by atoms with Gasteiger partial charge in [-0.2, -0.15) is 0 Å². The summed E-state index contributed by atoms with van der Waals surface area (Å²) in [5.74, 6) is -0.0771. The summed E-state index contributed by atoms with van der Waals surface area (Å²) in [6.07, 6.45) is 3.11. The average Bonchev–Trinajstić information content (AvgIpc) is 2.10. The molecule has 13 heavy (non-hydrogen) atoms. The maximum atomic E-state index is 11.0. The van der Waals surface area contributed by atoms with E-state index in [9.17, 15) is 4.79 Å². The lowest BCUT2D eigenvalue weighted by Crippen LogP contribution is -2.38. The number of hydrogen-bond acceptors (Lipinski definition) is 3. The summed E-state index contributed by atoms with van der Waals surface area (Å²) in [4.78, 5) is 11.0. The summed E-state index contributed by atoms with van der Waals surface area (Å²) in [5.41, 5.74) is 5.37. The van der Waals surface area contributed by atoms with Crippen LogP contribution in [0.4, 0.5) is 0 Å². The van der Waals surface area contributed by atoms with E-state index in [-0.39, 0.29) is 5.91 Å². The van der Waals surface area contributed by atoms with Gasteiger partial charge in [-0.25, -0.2) is 0 Å². The number of methoxy groups -OCH3 is 1. The Morgan fingerprint density at radius 2 is 2.15 bits per heavy atom. The van der Waals surface area contributed by atoms with Crippen molar-refractivity contribution in [3.05, 3.63) is 0 Å². The molecular weight excluding hydrogens is 168 g/mol. The molecule has 4 heteroatoms. The van der Waals surface area contributed by atoms with Gasteiger partial charge in [0.05, 0.1) is 6.04 Å². The smallest absolute Gasteiger partial charge is 0.236 e. The van der Waals surface area contributed by atoms with Crippen LogP contribution in [0, 0.1) is 0 Å². The Kier molecular flexibility index (Phi) is 7.63. The van der Waals surface area contributed by atoms with Gasteiger partial charge >= 0.3 is 0 Å². The number of rotatable bonds is 7. The molecule has 1 atom stereocenters. The van der Waals surface area contributed by atoms with Crippen LogP contribution in [0.2, 0.25) is 0 Å². The lowest BCUT2D eigenvalue weighted by molar-refractivity contribution is -0.121. The third-order valence-corrected chi connectivity index (χ3v) is 1.74. The Labute approximate surface area is 79.8 Å². The Balaban J connectivity index is 3.12. The predicted molar refractivity (Wildman–Crippen MR) is 52.4 cm³/mol. The van der Waals surface area contributed by atoms with Gasteiger partial charge in [-0.1, -0.05) is 0 Å². The van der Waals surface area contributed by atoms with E-state index in [4.69, 9.17) is 10.5 Å². The van der Waals surface area contributed by atoms with Gasteiger partial charge in [0.25, 0.3) is 0 Å². The number of carbonyl (C=O) groups excluding carboxylic acids is 1. The molecule has 0 saturated heterocycles. The van der Waals surface area contributed by atoms with E-state index in [0.717, 1.165) is 25.9 Å². The summed E-state index contributed by atoms with van der Waals surface area (Å²) < 4.78 is 4.90. The fourth-order valence-electron chi connectivity index (χ4n) is 0.921. The van der Waals surface area contributed by atoms with Crippen LogP contribution < -0.4 is 11.1 Å². The number of amides is 1. The molecule has 0 rings (SSSR count). The minimum absolute atomic E-state index is 0.0771. The van der Waals surface area contributed by atoms with Gasteiger partial charge in [-0.05, 0) is 26.2 Å². The molecule has 0 aliphatic heterocycles. The third kappa shape index (κ3) is 7.74. The number of nitrogens with one attached hydrogen (secondary N) is 1. The summed E-state index contributed by atoms with van der Waals surface area (Å²) in [5, 5.41) is 2.75. The van der Waals surface area contributed by atoms with Crippen LogP contribution in [0.1, 0.15) is 26.2 Å². The van der Waals surface area contributed by atoms with E-state index in [1.165, 1.54) is 0 Å². The lowest BCUT2D eigenvalue weighted by Gasteiger charge is -2.06. The van der Waals surface area contributed by atoms with Crippen LogP contribution in [0.25, 0.3) is 0 Å². The summed E-state index contributed by atoms with van der Waals surface area (Å²) in [7, 11) is 1.69. The average molecular weight is 188 g/mol. The minimum atomic E-state index is -0.404. The van der Waals surface area contributed by atoms with Crippen LogP contribution in [0.5, 0.6) is 0 Å². The third-order valence-electron chi connectivity index (χ3n) is 1.74. The van der Waals surface area contributed by atoms with Gasteiger partial charge in [-0.15, -0.1) is 0 Å². The second-order valence-corrected chi connectivity index (χ2v) is 3.13. The molecule has 0 saturated carbocycles. The van der Waals surface area contributed by atoms with E-state index in [2.05, 4.69) is 5.32 Å². The summed E-state index contributed by atoms with van der Waals surface area (Å²) in [6.45, 7) is 3.19. The molecule has 0 aromatic rings. The largest absolute Gasteiger partial charge is 0.385 e. The van der Waals surface area contributed by atoms with E-state index in [1.54, 1.807) is 14.0 Å². The first-order chi connectivity index (χ1) is 6.18. The van der Waals surface area contributed by atoms with Crippen molar-refractivity contribution in [1.29, 1.82) is 0 Å². The van der Waals surface area contributed by atoms with Gasteiger partial charge in [0.2, 0.25) is 5.91 Å². The molecular formula is C9H20N2O2. The van der Waals surface area contributed by atoms with Crippen molar-refractivity contribution in [2.45, 2.75) is 32.2 Å². The highest BCUT2D eigenvalue weighted by atomic mass is 16.5. The minimum Gasteiger partial charge on any atom is -0.385 e. The highest BCUT2D eigenvalue weighted by Gasteiger charge is 2.04. The fraction of sp³-hybridized carbons (Fsp3) is 0.889. The molecule has 4 nitrogen and oxygen atoms in total. The SMILES string of the molecule is COCCCCCNC(=O)C(C)N. The molecule has 0 aromatic heterocycles. The van der Waals surface area contributed by atoms with E-state index in [0.29, 0.717) is 6.54 Å². The number of nitrogens with two attached hydrogens (primary N) is 1. The second kappa shape index (κ2) is 8.01. The van der Waals surface area contributed by atoms with Crippen molar-refractivity contribution in [3.63, 3.8) is 0 Å².